The summed E-state index contributed by atoms with van der Waals surface area (Å²) >= 11 is 0. The lowest BCUT2D eigenvalue weighted by Crippen LogP contribution is -2.15. The number of rotatable bonds is 4. The summed E-state index contributed by atoms with van der Waals surface area (Å²) in [5, 5.41) is 10.9. The summed E-state index contributed by atoms with van der Waals surface area (Å²) < 4.78 is 30.8. The van der Waals surface area contributed by atoms with E-state index in [1.807, 2.05) is 0 Å². The van der Waals surface area contributed by atoms with Crippen molar-refractivity contribution in [3.8, 4) is 5.75 Å². The average molecular weight is 203 g/mol. The van der Waals surface area contributed by atoms with E-state index in [0.29, 0.717) is 0 Å². The van der Waals surface area contributed by atoms with Gasteiger partial charge in [-0.15, -0.1) is 0 Å². The van der Waals surface area contributed by atoms with Crippen molar-refractivity contribution in [1.82, 2.24) is 5.32 Å². The molecule has 0 saturated heterocycles. The molecule has 14 heavy (non-hydrogen) atoms. The summed E-state index contributed by atoms with van der Waals surface area (Å²) in [7, 11) is 1.27. The molecule has 1 aromatic rings. The number of halogens is 2. The summed E-state index contributed by atoms with van der Waals surface area (Å²) in [6.07, 6.45) is 0. The first-order valence-electron chi connectivity index (χ1n) is 4.02. The van der Waals surface area contributed by atoms with Gasteiger partial charge in [0.15, 0.2) is 11.6 Å². The summed E-state index contributed by atoms with van der Waals surface area (Å²) in [6, 6.07) is 2.01. The second-order valence-corrected chi connectivity index (χ2v) is 2.66. The molecule has 0 atom stereocenters. The van der Waals surface area contributed by atoms with Crippen LogP contribution in [0.5, 0.6) is 5.75 Å². The van der Waals surface area contributed by atoms with E-state index < -0.39 is 11.6 Å². The smallest absolute Gasteiger partial charge is 0.165 e. The molecule has 78 valence electrons. The van der Waals surface area contributed by atoms with Crippen LogP contribution in [0.2, 0.25) is 0 Å². The Bertz CT molecular complexity index is 318. The predicted octanol–water partition coefficient (Wildman–Crippen LogP) is 1.01. The zero-order valence-electron chi connectivity index (χ0n) is 7.68. The van der Waals surface area contributed by atoms with E-state index in [1.165, 1.54) is 7.11 Å². The molecule has 0 fully saturated rings. The first-order valence-corrected chi connectivity index (χ1v) is 4.02. The van der Waals surface area contributed by atoms with Crippen molar-refractivity contribution >= 4 is 0 Å². The Morgan fingerprint density at radius 2 is 2.07 bits per heavy atom. The van der Waals surface area contributed by atoms with Crippen molar-refractivity contribution in [2.45, 2.75) is 6.54 Å². The number of methoxy groups -OCH3 is 1. The largest absolute Gasteiger partial charge is 0.494 e. The molecule has 0 unspecified atom stereocenters. The van der Waals surface area contributed by atoms with Gasteiger partial charge in [-0.05, 0) is 6.07 Å². The molecule has 0 saturated carbocycles. The third-order valence-corrected chi connectivity index (χ3v) is 1.75. The number of hydrogen-bond donors (Lipinski definition) is 2. The number of aliphatic hydroxyl groups is 1. The van der Waals surface area contributed by atoms with Gasteiger partial charge in [-0.3, -0.25) is 5.32 Å². The number of aliphatic hydroxyl groups excluding tert-OH is 1. The fourth-order valence-corrected chi connectivity index (χ4v) is 1.05. The van der Waals surface area contributed by atoms with Crippen molar-refractivity contribution in [3.05, 3.63) is 29.3 Å². The topological polar surface area (TPSA) is 41.5 Å². The first kappa shape index (κ1) is 10.9. The lowest BCUT2D eigenvalue weighted by atomic mass is 10.2. The maximum absolute atomic E-state index is 13.2. The molecule has 0 aliphatic heterocycles. The van der Waals surface area contributed by atoms with Gasteiger partial charge in [-0.25, -0.2) is 8.78 Å². The summed E-state index contributed by atoms with van der Waals surface area (Å²) in [6.45, 7) is -0.212. The monoisotopic (exact) mass is 203 g/mol. The third kappa shape index (κ3) is 2.40. The van der Waals surface area contributed by atoms with Crippen LogP contribution in [0.4, 0.5) is 8.78 Å². The van der Waals surface area contributed by atoms with E-state index in [2.05, 4.69) is 10.1 Å². The summed E-state index contributed by atoms with van der Waals surface area (Å²) in [5.41, 5.74) is 0.150. The quantitative estimate of drug-likeness (QED) is 0.718. The molecule has 1 aromatic carbocycles. The fourth-order valence-electron chi connectivity index (χ4n) is 1.05. The minimum absolute atomic E-state index is 0.0727. The lowest BCUT2D eigenvalue weighted by molar-refractivity contribution is 0.258. The van der Waals surface area contributed by atoms with Gasteiger partial charge in [0, 0.05) is 18.2 Å². The fraction of sp³-hybridized carbons (Fsp3) is 0.333. The standard InChI is InChI=1S/C9H11F2NO2/c1-14-9-3-7(10)6(2-8(9)11)4-12-5-13/h2-3,12-13H,4-5H2,1H3. The zero-order chi connectivity index (χ0) is 10.6. The summed E-state index contributed by atoms with van der Waals surface area (Å²) in [5.74, 6) is -1.32. The van der Waals surface area contributed by atoms with Crippen LogP contribution in [0.25, 0.3) is 0 Å². The van der Waals surface area contributed by atoms with Gasteiger partial charge < -0.3 is 9.84 Å². The molecule has 1 rings (SSSR count). The van der Waals surface area contributed by atoms with Crippen LogP contribution in [-0.2, 0) is 6.54 Å². The molecule has 0 aliphatic rings. The van der Waals surface area contributed by atoms with Crippen LogP contribution in [0.1, 0.15) is 5.56 Å². The van der Waals surface area contributed by atoms with Crippen LogP contribution in [0.15, 0.2) is 12.1 Å². The van der Waals surface area contributed by atoms with Crippen molar-refractivity contribution in [2.24, 2.45) is 0 Å². The molecule has 0 spiro atoms. The van der Waals surface area contributed by atoms with Crippen LogP contribution in [0.3, 0.4) is 0 Å². The van der Waals surface area contributed by atoms with Gasteiger partial charge in [0.25, 0.3) is 0 Å². The molecule has 2 N–H and O–H groups in total. The lowest BCUT2D eigenvalue weighted by Gasteiger charge is -2.06. The first-order chi connectivity index (χ1) is 6.69. The highest BCUT2D eigenvalue weighted by atomic mass is 19.1. The van der Waals surface area contributed by atoms with E-state index in [1.54, 1.807) is 0 Å². The molecular weight excluding hydrogens is 192 g/mol. The van der Waals surface area contributed by atoms with Crippen molar-refractivity contribution in [3.63, 3.8) is 0 Å². The Balaban J connectivity index is 2.90. The Labute approximate surface area is 80.3 Å². The van der Waals surface area contributed by atoms with Crippen molar-refractivity contribution in [2.75, 3.05) is 13.8 Å². The third-order valence-electron chi connectivity index (χ3n) is 1.75. The Kier molecular flexibility index (Phi) is 3.79. The second kappa shape index (κ2) is 4.88. The maximum atomic E-state index is 13.2. The highest BCUT2D eigenvalue weighted by molar-refractivity contribution is 5.30. The van der Waals surface area contributed by atoms with E-state index in [9.17, 15) is 8.78 Å². The predicted molar refractivity (Wildman–Crippen MR) is 46.8 cm³/mol. The molecule has 5 heteroatoms. The Morgan fingerprint density at radius 1 is 1.36 bits per heavy atom. The molecule has 0 bridgehead atoms. The normalized spacial score (nSPS) is 10.3. The molecule has 0 aromatic heterocycles. The van der Waals surface area contributed by atoms with Crippen LogP contribution in [-0.4, -0.2) is 18.9 Å². The zero-order valence-corrected chi connectivity index (χ0v) is 7.68. The van der Waals surface area contributed by atoms with Crippen molar-refractivity contribution < 1.29 is 18.6 Å². The minimum Gasteiger partial charge on any atom is -0.494 e. The average Bonchev–Trinajstić information content (AvgIpc) is 2.18. The van der Waals surface area contributed by atoms with Crippen LogP contribution >= 0.6 is 0 Å². The molecule has 0 aliphatic carbocycles. The van der Waals surface area contributed by atoms with E-state index >= 15 is 0 Å². The SMILES string of the molecule is COc1cc(F)c(CNCO)cc1F. The second-order valence-electron chi connectivity index (χ2n) is 2.66. The Morgan fingerprint density at radius 3 is 2.64 bits per heavy atom. The highest BCUT2D eigenvalue weighted by Gasteiger charge is 2.09. The molecule has 3 nitrogen and oxygen atoms in total. The number of nitrogens with one attached hydrogen (secondary N) is 1. The molecule has 0 heterocycles. The van der Waals surface area contributed by atoms with Gasteiger partial charge in [-0.2, -0.15) is 0 Å². The van der Waals surface area contributed by atoms with Gasteiger partial charge in [0.05, 0.1) is 13.8 Å². The van der Waals surface area contributed by atoms with E-state index in [0.717, 1.165) is 12.1 Å². The van der Waals surface area contributed by atoms with Crippen molar-refractivity contribution in [1.29, 1.82) is 0 Å². The highest BCUT2D eigenvalue weighted by Crippen LogP contribution is 2.20. The van der Waals surface area contributed by atoms with Gasteiger partial charge >= 0.3 is 0 Å². The van der Waals surface area contributed by atoms with Crippen LogP contribution in [0, 0.1) is 11.6 Å². The van der Waals surface area contributed by atoms with E-state index in [4.69, 9.17) is 5.11 Å². The Hall–Kier alpha value is -1.20. The van der Waals surface area contributed by atoms with Gasteiger partial charge in [-0.1, -0.05) is 0 Å². The van der Waals surface area contributed by atoms with Gasteiger partial charge in [0.1, 0.15) is 5.82 Å². The molecular formula is C9H11F2NO2. The minimum atomic E-state index is -0.622. The number of benzene rings is 1. The van der Waals surface area contributed by atoms with Crippen LogP contribution < -0.4 is 10.1 Å². The van der Waals surface area contributed by atoms with Gasteiger partial charge in [0.2, 0.25) is 0 Å². The number of ether oxygens (including phenoxy) is 1. The molecule has 0 amide bonds. The maximum Gasteiger partial charge on any atom is 0.165 e. The van der Waals surface area contributed by atoms with E-state index in [-0.39, 0.29) is 24.6 Å². The molecule has 0 radical (unpaired) electrons. The number of hydrogen-bond acceptors (Lipinski definition) is 3. The summed E-state index contributed by atoms with van der Waals surface area (Å²) in [4.78, 5) is 0.